The van der Waals surface area contributed by atoms with Crippen molar-refractivity contribution in [3.05, 3.63) is 95.5 Å². The zero-order chi connectivity index (χ0) is 26.2. The number of aryl methyl sites for hydroxylation is 1. The highest BCUT2D eigenvalue weighted by Gasteiger charge is 2.24. The number of aromatic nitrogens is 1. The maximum absolute atomic E-state index is 14.1. The molecule has 0 saturated carbocycles. The third-order valence-corrected chi connectivity index (χ3v) is 6.39. The minimum absolute atomic E-state index is 0.0474. The van der Waals surface area contributed by atoms with Crippen molar-refractivity contribution in [2.24, 2.45) is 7.05 Å². The average molecular weight is 522 g/mol. The highest BCUT2D eigenvalue weighted by atomic mass is 32.2. The van der Waals surface area contributed by atoms with Gasteiger partial charge in [0, 0.05) is 48.5 Å². The monoisotopic (exact) mass is 522 g/mol. The molecule has 6 nitrogen and oxygen atoms in total. The van der Waals surface area contributed by atoms with E-state index in [0.717, 1.165) is 18.2 Å². The van der Waals surface area contributed by atoms with Gasteiger partial charge in [0.15, 0.2) is 23.2 Å². The van der Waals surface area contributed by atoms with Gasteiger partial charge in [0.2, 0.25) is 0 Å². The molecule has 1 aromatic heterocycles. The van der Waals surface area contributed by atoms with Crippen molar-refractivity contribution in [1.82, 2.24) is 9.29 Å². The molecule has 1 amide bonds. The van der Waals surface area contributed by atoms with E-state index in [4.69, 9.17) is 4.74 Å². The maximum atomic E-state index is 14.1. The topological polar surface area (TPSA) is 77.4 Å². The molecule has 0 aliphatic carbocycles. The number of benzene rings is 3. The Morgan fingerprint density at radius 3 is 2.36 bits per heavy atom. The molecular formula is C24H15F5N2O4S. The summed E-state index contributed by atoms with van der Waals surface area (Å²) < 4.78 is 101. The van der Waals surface area contributed by atoms with Gasteiger partial charge in [-0.05, 0) is 30.3 Å². The quantitative estimate of drug-likeness (QED) is 0.215. The largest absolute Gasteiger partial charge is 0.454 e. The number of carbonyl (C=O) groups excluding carboxylic acids is 1. The van der Waals surface area contributed by atoms with Gasteiger partial charge >= 0.3 is 0 Å². The minimum atomic E-state index is -4.86. The number of carbonyl (C=O) groups is 1. The van der Waals surface area contributed by atoms with E-state index >= 15 is 0 Å². The first-order valence-corrected chi connectivity index (χ1v) is 11.5. The molecular weight excluding hydrogens is 507 g/mol. The van der Waals surface area contributed by atoms with E-state index in [1.807, 2.05) is 0 Å². The second kappa shape index (κ2) is 9.46. The summed E-state index contributed by atoms with van der Waals surface area (Å²) in [7, 11) is -3.18. The highest BCUT2D eigenvalue weighted by molar-refractivity contribution is 7.90. The van der Waals surface area contributed by atoms with E-state index in [9.17, 15) is 35.2 Å². The van der Waals surface area contributed by atoms with Crippen molar-refractivity contribution in [2.75, 3.05) is 0 Å². The first-order valence-electron chi connectivity index (χ1n) is 10.1. The first-order chi connectivity index (χ1) is 17.0. The predicted molar refractivity (Wildman–Crippen MR) is 120 cm³/mol. The lowest BCUT2D eigenvalue weighted by molar-refractivity contribution is -0.114. The number of halogens is 5. The van der Waals surface area contributed by atoms with Crippen molar-refractivity contribution in [3.63, 3.8) is 0 Å². The molecule has 4 aromatic rings. The van der Waals surface area contributed by atoms with Crippen molar-refractivity contribution in [2.45, 2.75) is 4.90 Å². The molecule has 0 unspecified atom stereocenters. The van der Waals surface area contributed by atoms with Crippen LogP contribution in [0.15, 0.2) is 65.7 Å². The Morgan fingerprint density at radius 2 is 1.64 bits per heavy atom. The lowest BCUT2D eigenvalue weighted by Crippen LogP contribution is -2.29. The SMILES string of the molecule is Cn1cc(/C=C/C(=O)NS(=O)(=O)c2cc(F)c(F)cc2F)c2c(Oc3ccc(F)cc3F)cccc21. The zero-order valence-electron chi connectivity index (χ0n) is 18.2. The van der Waals surface area contributed by atoms with Crippen LogP contribution in [0.1, 0.15) is 5.56 Å². The number of rotatable bonds is 6. The molecule has 0 atom stereocenters. The smallest absolute Gasteiger partial charge is 0.267 e. The molecule has 186 valence electrons. The minimum Gasteiger partial charge on any atom is -0.454 e. The van der Waals surface area contributed by atoms with Crippen molar-refractivity contribution in [3.8, 4) is 11.5 Å². The third kappa shape index (κ3) is 4.93. The predicted octanol–water partition coefficient (Wildman–Crippen LogP) is 5.18. The van der Waals surface area contributed by atoms with Crippen LogP contribution in [0.25, 0.3) is 17.0 Å². The number of hydrogen-bond donors (Lipinski definition) is 1. The molecule has 1 heterocycles. The molecule has 0 aliphatic heterocycles. The molecule has 1 N–H and O–H groups in total. The van der Waals surface area contributed by atoms with Gasteiger partial charge in [-0.25, -0.2) is 35.1 Å². The van der Waals surface area contributed by atoms with Crippen LogP contribution in [0.4, 0.5) is 22.0 Å². The van der Waals surface area contributed by atoms with Gasteiger partial charge in [-0.15, -0.1) is 0 Å². The van der Waals surface area contributed by atoms with Crippen molar-refractivity contribution >= 4 is 32.9 Å². The summed E-state index contributed by atoms with van der Waals surface area (Å²) in [6.45, 7) is 0. The highest BCUT2D eigenvalue weighted by Crippen LogP contribution is 2.35. The molecule has 0 fully saturated rings. The van der Waals surface area contributed by atoms with Gasteiger partial charge < -0.3 is 9.30 Å². The molecule has 36 heavy (non-hydrogen) atoms. The zero-order valence-corrected chi connectivity index (χ0v) is 19.0. The van der Waals surface area contributed by atoms with Gasteiger partial charge in [-0.1, -0.05) is 6.07 Å². The van der Waals surface area contributed by atoms with Gasteiger partial charge in [0.25, 0.3) is 15.9 Å². The van der Waals surface area contributed by atoms with Gasteiger partial charge in [0.1, 0.15) is 22.3 Å². The molecule has 12 heteroatoms. The Labute approximate surface area is 201 Å². The number of nitrogens with one attached hydrogen (secondary N) is 1. The molecule has 0 aliphatic rings. The molecule has 0 spiro atoms. The molecule has 4 rings (SSSR count). The first kappa shape index (κ1) is 24.9. The Morgan fingerprint density at radius 1 is 0.917 bits per heavy atom. The molecule has 0 radical (unpaired) electrons. The summed E-state index contributed by atoms with van der Waals surface area (Å²) in [5.41, 5.74) is 0.962. The summed E-state index contributed by atoms with van der Waals surface area (Å²) in [6.07, 6.45) is 3.62. The summed E-state index contributed by atoms with van der Waals surface area (Å²) in [6, 6.07) is 7.79. The Kier molecular flexibility index (Phi) is 6.55. The maximum Gasteiger partial charge on any atom is 0.267 e. The van der Waals surface area contributed by atoms with Crippen molar-refractivity contribution in [1.29, 1.82) is 0 Å². The van der Waals surface area contributed by atoms with Crippen LogP contribution in [-0.2, 0) is 21.9 Å². The standard InChI is InChI=1S/C24H15F5N2O4S/c1-31-12-13(5-8-23(32)30-36(33,34)22-11-16(27)15(26)10-18(22)29)24-19(31)3-2-4-21(24)35-20-7-6-14(25)9-17(20)28/h2-12H,1H3,(H,30,32)/b8-5+. The van der Waals surface area contributed by atoms with Gasteiger partial charge in [-0.3, -0.25) is 4.79 Å². The number of ether oxygens (including phenoxy) is 1. The normalized spacial score (nSPS) is 11.8. The Hall–Kier alpha value is -4.19. The fraction of sp³-hybridized carbons (Fsp3) is 0.0417. The van der Waals surface area contributed by atoms with E-state index in [0.29, 0.717) is 22.5 Å². The van der Waals surface area contributed by atoms with Crippen LogP contribution in [0.5, 0.6) is 11.5 Å². The van der Waals surface area contributed by atoms with E-state index in [2.05, 4.69) is 0 Å². The molecule has 3 aromatic carbocycles. The average Bonchev–Trinajstić information content (AvgIpc) is 3.13. The summed E-state index contributed by atoms with van der Waals surface area (Å²) in [5, 5.41) is 0.419. The molecule has 0 bridgehead atoms. The number of amides is 1. The lowest BCUT2D eigenvalue weighted by atomic mass is 10.1. The van der Waals surface area contributed by atoms with Crippen LogP contribution in [0, 0.1) is 29.1 Å². The van der Waals surface area contributed by atoms with Crippen molar-refractivity contribution < 1.29 is 39.9 Å². The van der Waals surface area contributed by atoms with Crippen LogP contribution < -0.4 is 9.46 Å². The van der Waals surface area contributed by atoms with E-state index in [-0.39, 0.29) is 23.6 Å². The second-order valence-corrected chi connectivity index (χ2v) is 9.17. The van der Waals surface area contributed by atoms with E-state index < -0.39 is 49.9 Å². The summed E-state index contributed by atoms with van der Waals surface area (Å²) >= 11 is 0. The van der Waals surface area contributed by atoms with E-state index in [1.165, 1.54) is 12.1 Å². The number of nitrogens with zero attached hydrogens (tertiary/aromatic N) is 1. The number of sulfonamides is 1. The van der Waals surface area contributed by atoms with Crippen LogP contribution in [-0.4, -0.2) is 18.9 Å². The number of fused-ring (bicyclic) bond motifs is 1. The summed E-state index contributed by atoms with van der Waals surface area (Å²) in [4.78, 5) is 11.0. The fourth-order valence-corrected chi connectivity index (χ4v) is 4.45. The van der Waals surface area contributed by atoms with Gasteiger partial charge in [-0.2, -0.15) is 0 Å². The number of hydrogen-bond acceptors (Lipinski definition) is 4. The lowest BCUT2D eigenvalue weighted by Gasteiger charge is -2.09. The van der Waals surface area contributed by atoms with Crippen LogP contribution in [0.3, 0.4) is 0 Å². The summed E-state index contributed by atoms with van der Waals surface area (Å²) in [5.74, 6) is -7.80. The second-order valence-electron chi connectivity index (χ2n) is 7.52. The van der Waals surface area contributed by atoms with Crippen LogP contribution >= 0.6 is 0 Å². The molecule has 0 saturated heterocycles. The Bertz CT molecular complexity index is 1650. The third-order valence-electron chi connectivity index (χ3n) is 5.03. The van der Waals surface area contributed by atoms with Crippen LogP contribution in [0.2, 0.25) is 0 Å². The fourth-order valence-electron chi connectivity index (χ4n) is 3.43. The Balaban J connectivity index is 1.64. The van der Waals surface area contributed by atoms with Gasteiger partial charge in [0.05, 0.1) is 5.52 Å². The van der Waals surface area contributed by atoms with E-state index in [1.54, 1.807) is 34.7 Å².